The Kier molecular flexibility index (Phi) is 5.77. The van der Waals surface area contributed by atoms with Crippen molar-refractivity contribution in [3.63, 3.8) is 0 Å². The van der Waals surface area contributed by atoms with Crippen LogP contribution in [0.15, 0.2) is 36.4 Å². The summed E-state index contributed by atoms with van der Waals surface area (Å²) in [6, 6.07) is 11.6. The van der Waals surface area contributed by atoms with Crippen LogP contribution >= 0.6 is 0 Å². The molecule has 0 saturated carbocycles. The summed E-state index contributed by atoms with van der Waals surface area (Å²) in [6.07, 6.45) is 4.92. The highest BCUT2D eigenvalue weighted by atomic mass is 16.5. The topological polar surface area (TPSA) is 59.1 Å². The highest BCUT2D eigenvalue weighted by Crippen LogP contribution is 2.49. The second-order valence-corrected chi connectivity index (χ2v) is 9.25. The fourth-order valence-electron chi connectivity index (χ4n) is 6.01. The zero-order valence-corrected chi connectivity index (χ0v) is 19.7. The van der Waals surface area contributed by atoms with Gasteiger partial charge in [-0.1, -0.05) is 25.1 Å². The second-order valence-electron chi connectivity index (χ2n) is 9.25. The van der Waals surface area contributed by atoms with E-state index in [0.29, 0.717) is 23.6 Å². The van der Waals surface area contributed by atoms with Gasteiger partial charge in [0.15, 0.2) is 11.5 Å². The maximum atomic E-state index is 14.3. The Hall–Kier alpha value is -3.02. The standard InChI is InChI=1S/C27H32N2O4/c1-4-18-9-7-8-13-28(18)27(31)24-19-10-5-6-11-20(19)26(30)29-14-12-17-15-22(32-2)23(33-3)16-21(17)25(24)29/h5-6,10-11,15-16,18,24-25H,4,7-9,12-14H2,1-3H3/t18-,24-,25+/m1/s1. The third kappa shape index (κ3) is 3.47. The summed E-state index contributed by atoms with van der Waals surface area (Å²) in [6.45, 7) is 3.53. The molecule has 5 rings (SSSR count). The number of hydrogen-bond acceptors (Lipinski definition) is 4. The van der Waals surface area contributed by atoms with Gasteiger partial charge in [0, 0.05) is 24.7 Å². The van der Waals surface area contributed by atoms with Crippen molar-refractivity contribution in [1.82, 2.24) is 9.80 Å². The van der Waals surface area contributed by atoms with Crippen molar-refractivity contribution in [2.24, 2.45) is 0 Å². The van der Waals surface area contributed by atoms with E-state index in [4.69, 9.17) is 9.47 Å². The van der Waals surface area contributed by atoms with E-state index in [9.17, 15) is 9.59 Å². The van der Waals surface area contributed by atoms with Crippen LogP contribution in [0.25, 0.3) is 0 Å². The van der Waals surface area contributed by atoms with Crippen LogP contribution in [-0.2, 0) is 11.2 Å². The Morgan fingerprint density at radius 1 is 1.03 bits per heavy atom. The lowest BCUT2D eigenvalue weighted by Crippen LogP contribution is -2.53. The fraction of sp³-hybridized carbons (Fsp3) is 0.481. The Morgan fingerprint density at radius 2 is 1.79 bits per heavy atom. The molecule has 3 heterocycles. The quantitative estimate of drug-likeness (QED) is 0.699. The Balaban J connectivity index is 1.67. The van der Waals surface area contributed by atoms with Crippen molar-refractivity contribution in [3.8, 4) is 11.5 Å². The van der Waals surface area contributed by atoms with Crippen molar-refractivity contribution < 1.29 is 19.1 Å². The van der Waals surface area contributed by atoms with Crippen molar-refractivity contribution in [3.05, 3.63) is 58.7 Å². The molecule has 0 radical (unpaired) electrons. The lowest BCUT2D eigenvalue weighted by Gasteiger charge is -2.47. The molecule has 1 fully saturated rings. The maximum absolute atomic E-state index is 14.3. The molecule has 0 unspecified atom stereocenters. The molecule has 174 valence electrons. The molecule has 2 amide bonds. The molecule has 3 aliphatic heterocycles. The van der Waals surface area contributed by atoms with E-state index in [0.717, 1.165) is 55.3 Å². The average Bonchev–Trinajstić information content (AvgIpc) is 2.87. The van der Waals surface area contributed by atoms with E-state index >= 15 is 0 Å². The minimum Gasteiger partial charge on any atom is -0.493 e. The lowest BCUT2D eigenvalue weighted by molar-refractivity contribution is -0.138. The maximum Gasteiger partial charge on any atom is 0.254 e. The van der Waals surface area contributed by atoms with Crippen LogP contribution in [-0.4, -0.2) is 55.0 Å². The second kappa shape index (κ2) is 8.73. The van der Waals surface area contributed by atoms with Crippen LogP contribution in [0.2, 0.25) is 0 Å². The van der Waals surface area contributed by atoms with Crippen LogP contribution < -0.4 is 9.47 Å². The minimum absolute atomic E-state index is 0.00534. The van der Waals surface area contributed by atoms with Crippen molar-refractivity contribution in [1.29, 1.82) is 0 Å². The molecule has 0 aromatic heterocycles. The number of amides is 2. The normalized spacial score (nSPS) is 24.0. The van der Waals surface area contributed by atoms with Crippen LogP contribution in [0.4, 0.5) is 0 Å². The molecular weight excluding hydrogens is 416 g/mol. The molecule has 6 heteroatoms. The van der Waals surface area contributed by atoms with Crippen LogP contribution in [0.5, 0.6) is 11.5 Å². The number of carbonyl (C=O) groups excluding carboxylic acids is 2. The van der Waals surface area contributed by atoms with E-state index < -0.39 is 5.92 Å². The summed E-state index contributed by atoms with van der Waals surface area (Å²) in [5.41, 5.74) is 3.60. The Labute approximate surface area is 195 Å². The number of rotatable bonds is 4. The van der Waals surface area contributed by atoms with E-state index in [2.05, 4.69) is 11.8 Å². The first-order chi connectivity index (χ1) is 16.1. The molecule has 2 aromatic carbocycles. The zero-order chi connectivity index (χ0) is 23.1. The first-order valence-corrected chi connectivity index (χ1v) is 12.0. The monoisotopic (exact) mass is 448 g/mol. The molecular formula is C27H32N2O4. The SMILES string of the molecule is CC[C@@H]1CCCCN1C(=O)[C@@H]1c2ccccc2C(=O)N2CCc3cc(OC)c(OC)cc3[C@@H]12. The predicted molar refractivity (Wildman–Crippen MR) is 126 cm³/mol. The van der Waals surface area contributed by atoms with Gasteiger partial charge in [-0.2, -0.15) is 0 Å². The predicted octanol–water partition coefficient (Wildman–Crippen LogP) is 4.33. The van der Waals surface area contributed by atoms with Crippen molar-refractivity contribution >= 4 is 11.8 Å². The summed E-state index contributed by atoms with van der Waals surface area (Å²) in [5, 5.41) is 0. The number of methoxy groups -OCH3 is 2. The van der Waals surface area contributed by atoms with E-state index in [1.54, 1.807) is 14.2 Å². The third-order valence-electron chi connectivity index (χ3n) is 7.67. The van der Waals surface area contributed by atoms with E-state index in [1.807, 2.05) is 41.3 Å². The third-order valence-corrected chi connectivity index (χ3v) is 7.67. The molecule has 2 aromatic rings. The van der Waals surface area contributed by atoms with E-state index in [-0.39, 0.29) is 23.9 Å². The number of likely N-dealkylation sites (tertiary alicyclic amines) is 1. The summed E-state index contributed by atoms with van der Waals surface area (Å²) >= 11 is 0. The number of piperidine rings is 1. The summed E-state index contributed by atoms with van der Waals surface area (Å²) < 4.78 is 11.1. The molecule has 33 heavy (non-hydrogen) atoms. The minimum atomic E-state index is -0.428. The van der Waals surface area contributed by atoms with Crippen LogP contribution in [0.3, 0.4) is 0 Å². The van der Waals surface area contributed by atoms with E-state index in [1.165, 1.54) is 0 Å². The molecule has 0 spiro atoms. The first-order valence-electron chi connectivity index (χ1n) is 12.0. The van der Waals surface area contributed by atoms with Gasteiger partial charge in [0.1, 0.15) is 0 Å². The molecule has 3 aliphatic rings. The van der Waals surface area contributed by atoms with Gasteiger partial charge in [0.25, 0.3) is 5.91 Å². The lowest BCUT2D eigenvalue weighted by atomic mass is 9.75. The molecule has 0 N–H and O–H groups in total. The van der Waals surface area contributed by atoms with Gasteiger partial charge in [0.2, 0.25) is 5.91 Å². The molecule has 1 saturated heterocycles. The number of nitrogens with zero attached hydrogens (tertiary/aromatic N) is 2. The highest BCUT2D eigenvalue weighted by Gasteiger charge is 2.48. The van der Waals surface area contributed by atoms with Gasteiger partial charge >= 0.3 is 0 Å². The summed E-state index contributed by atoms with van der Waals surface area (Å²) in [5.74, 6) is 1.02. The number of fused-ring (bicyclic) bond motifs is 4. The van der Waals surface area contributed by atoms with Crippen molar-refractivity contribution in [2.75, 3.05) is 27.3 Å². The summed E-state index contributed by atoms with van der Waals surface area (Å²) in [4.78, 5) is 31.8. The van der Waals surface area contributed by atoms with Crippen LogP contribution in [0.1, 0.15) is 71.6 Å². The van der Waals surface area contributed by atoms with Crippen molar-refractivity contribution in [2.45, 2.75) is 57.0 Å². The average molecular weight is 449 g/mol. The number of carbonyl (C=O) groups is 2. The van der Waals surface area contributed by atoms with Gasteiger partial charge in [-0.25, -0.2) is 0 Å². The molecule has 6 nitrogen and oxygen atoms in total. The number of ether oxygens (including phenoxy) is 2. The smallest absolute Gasteiger partial charge is 0.254 e. The van der Waals surface area contributed by atoms with Gasteiger partial charge in [-0.15, -0.1) is 0 Å². The van der Waals surface area contributed by atoms with Crippen LogP contribution in [0, 0.1) is 0 Å². The number of hydrogen-bond donors (Lipinski definition) is 0. The van der Waals surface area contributed by atoms with Gasteiger partial charge in [0.05, 0.1) is 26.2 Å². The molecule has 0 bridgehead atoms. The van der Waals surface area contributed by atoms with Gasteiger partial charge < -0.3 is 19.3 Å². The van der Waals surface area contributed by atoms with Gasteiger partial charge in [-0.3, -0.25) is 9.59 Å². The fourth-order valence-corrected chi connectivity index (χ4v) is 6.01. The largest absolute Gasteiger partial charge is 0.493 e. The van der Waals surface area contributed by atoms with Gasteiger partial charge in [-0.05, 0) is 67.0 Å². The molecule has 0 aliphatic carbocycles. The number of benzene rings is 2. The summed E-state index contributed by atoms with van der Waals surface area (Å²) in [7, 11) is 3.25. The molecule has 3 atom stereocenters. The Morgan fingerprint density at radius 3 is 2.55 bits per heavy atom. The zero-order valence-electron chi connectivity index (χ0n) is 19.7. The Bertz CT molecular complexity index is 1080. The highest BCUT2D eigenvalue weighted by molar-refractivity contribution is 6.01. The first kappa shape index (κ1) is 21.8.